The summed E-state index contributed by atoms with van der Waals surface area (Å²) in [6.07, 6.45) is 9.54. The number of nitriles is 1. The lowest BCUT2D eigenvalue weighted by Crippen LogP contribution is -2.00. The summed E-state index contributed by atoms with van der Waals surface area (Å²) in [5, 5.41) is 8.64. The van der Waals surface area contributed by atoms with Gasteiger partial charge in [-0.25, -0.2) is 0 Å². The Morgan fingerprint density at radius 3 is 3.00 bits per heavy atom. The van der Waals surface area contributed by atoms with E-state index in [4.69, 9.17) is 5.26 Å². The van der Waals surface area contributed by atoms with Crippen molar-refractivity contribution in [3.8, 4) is 6.07 Å². The van der Waals surface area contributed by atoms with E-state index in [2.05, 4.69) is 12.5 Å². The number of hydrogen-bond acceptors (Lipinski definition) is 1. The van der Waals surface area contributed by atoms with Gasteiger partial charge in [0, 0.05) is 5.92 Å². The van der Waals surface area contributed by atoms with E-state index in [1.807, 2.05) is 0 Å². The maximum absolute atomic E-state index is 8.64. The van der Waals surface area contributed by atoms with Gasteiger partial charge in [-0.3, -0.25) is 0 Å². The van der Waals surface area contributed by atoms with Crippen LogP contribution in [0.5, 0.6) is 0 Å². The molecule has 1 unspecified atom stereocenters. The van der Waals surface area contributed by atoms with E-state index in [0.29, 0.717) is 5.92 Å². The van der Waals surface area contributed by atoms with Crippen LogP contribution in [0, 0.1) is 23.7 Å². The summed E-state index contributed by atoms with van der Waals surface area (Å²) in [5.74, 6) is 0.320. The lowest BCUT2D eigenvalue weighted by Gasteiger charge is -2.11. The highest BCUT2D eigenvalue weighted by atomic mass is 14.3. The van der Waals surface area contributed by atoms with E-state index in [1.165, 1.54) is 25.7 Å². The molecule has 0 aromatic heterocycles. The van der Waals surface area contributed by atoms with Crippen LogP contribution in [-0.2, 0) is 0 Å². The van der Waals surface area contributed by atoms with Crippen LogP contribution in [0.25, 0.3) is 0 Å². The molecule has 0 spiro atoms. The van der Waals surface area contributed by atoms with Crippen molar-refractivity contribution in [1.29, 1.82) is 5.26 Å². The van der Waals surface area contributed by atoms with Gasteiger partial charge in [-0.05, 0) is 19.3 Å². The van der Waals surface area contributed by atoms with Gasteiger partial charge in [-0.1, -0.05) is 25.7 Å². The fourth-order valence-corrected chi connectivity index (χ4v) is 1.41. The summed E-state index contributed by atoms with van der Waals surface area (Å²) in [6.45, 7) is 0. The summed E-state index contributed by atoms with van der Waals surface area (Å²) >= 11 is 0. The Bertz CT molecular complexity index is 115. The third kappa shape index (κ3) is 2.39. The molecule has 1 rings (SSSR count). The van der Waals surface area contributed by atoms with E-state index in [0.717, 1.165) is 12.8 Å². The van der Waals surface area contributed by atoms with Crippen LogP contribution in [0.3, 0.4) is 0 Å². The largest absolute Gasteiger partial charge is 0.198 e. The SMILES string of the molecule is N#CC1C[CH]CCCCC1. The van der Waals surface area contributed by atoms with E-state index in [1.54, 1.807) is 0 Å². The van der Waals surface area contributed by atoms with Crippen molar-refractivity contribution >= 4 is 0 Å². The van der Waals surface area contributed by atoms with Gasteiger partial charge in [-0.15, -0.1) is 0 Å². The summed E-state index contributed by atoms with van der Waals surface area (Å²) < 4.78 is 0. The maximum atomic E-state index is 8.64. The van der Waals surface area contributed by atoms with E-state index >= 15 is 0 Å². The van der Waals surface area contributed by atoms with Crippen LogP contribution in [0.15, 0.2) is 0 Å². The van der Waals surface area contributed by atoms with Crippen LogP contribution in [0.2, 0.25) is 0 Å². The molecule has 1 aliphatic carbocycles. The third-order valence-electron chi connectivity index (χ3n) is 2.09. The second-order valence-corrected chi connectivity index (χ2v) is 2.99. The fourth-order valence-electron chi connectivity index (χ4n) is 1.41. The van der Waals surface area contributed by atoms with Gasteiger partial charge in [-0.2, -0.15) is 5.26 Å². The van der Waals surface area contributed by atoms with Crippen LogP contribution in [0.4, 0.5) is 0 Å². The molecule has 1 atom stereocenters. The predicted molar refractivity (Wildman–Crippen MR) is 41.1 cm³/mol. The Morgan fingerprint density at radius 1 is 1.30 bits per heavy atom. The van der Waals surface area contributed by atoms with Gasteiger partial charge in [0.25, 0.3) is 0 Å². The molecule has 0 saturated heterocycles. The van der Waals surface area contributed by atoms with Crippen molar-refractivity contribution in [2.24, 2.45) is 5.92 Å². The van der Waals surface area contributed by atoms with Crippen molar-refractivity contribution in [3.05, 3.63) is 6.42 Å². The normalized spacial score (nSPS) is 22.7. The lowest BCUT2D eigenvalue weighted by molar-refractivity contribution is 0.495. The molecule has 0 aliphatic heterocycles. The van der Waals surface area contributed by atoms with E-state index in [9.17, 15) is 0 Å². The van der Waals surface area contributed by atoms with Gasteiger partial charge in [0.05, 0.1) is 6.07 Å². The van der Waals surface area contributed by atoms with Gasteiger partial charge in [0.15, 0.2) is 0 Å². The van der Waals surface area contributed by atoms with Crippen LogP contribution in [0.1, 0.15) is 38.5 Å². The molecule has 1 saturated carbocycles. The van der Waals surface area contributed by atoms with Crippen LogP contribution in [-0.4, -0.2) is 0 Å². The average Bonchev–Trinajstić information content (AvgIpc) is 1.87. The molecule has 1 heteroatoms. The molecule has 1 aliphatic rings. The van der Waals surface area contributed by atoms with Gasteiger partial charge in [0.1, 0.15) is 0 Å². The van der Waals surface area contributed by atoms with Crippen molar-refractivity contribution < 1.29 is 0 Å². The van der Waals surface area contributed by atoms with E-state index in [-0.39, 0.29) is 0 Å². The number of hydrogen-bond donors (Lipinski definition) is 0. The fraction of sp³-hybridized carbons (Fsp3) is 0.778. The molecule has 10 heavy (non-hydrogen) atoms. The topological polar surface area (TPSA) is 23.8 Å². The first-order chi connectivity index (χ1) is 4.93. The smallest absolute Gasteiger partial charge is 0.0655 e. The second-order valence-electron chi connectivity index (χ2n) is 2.99. The standard InChI is InChI=1S/C9H14N/c10-8-9-6-4-2-1-3-5-7-9/h4,9H,1-3,5-7H2. The van der Waals surface area contributed by atoms with Crippen LogP contribution < -0.4 is 0 Å². The molecule has 1 fully saturated rings. The average molecular weight is 136 g/mol. The number of nitrogens with zero attached hydrogens (tertiary/aromatic N) is 1. The summed E-state index contributed by atoms with van der Waals surface area (Å²) in [7, 11) is 0. The highest BCUT2D eigenvalue weighted by Crippen LogP contribution is 2.20. The predicted octanol–water partition coefficient (Wildman–Crippen LogP) is 2.68. The molecular weight excluding hydrogens is 122 g/mol. The van der Waals surface area contributed by atoms with Crippen molar-refractivity contribution in [2.45, 2.75) is 38.5 Å². The van der Waals surface area contributed by atoms with Gasteiger partial charge < -0.3 is 0 Å². The van der Waals surface area contributed by atoms with E-state index < -0.39 is 0 Å². The third-order valence-corrected chi connectivity index (χ3v) is 2.09. The lowest BCUT2D eigenvalue weighted by atomic mass is 9.92. The molecule has 55 valence electrons. The molecule has 0 aromatic rings. The Morgan fingerprint density at radius 2 is 2.20 bits per heavy atom. The summed E-state index contributed by atoms with van der Waals surface area (Å²) in [4.78, 5) is 0. The molecular formula is C9H14N. The van der Waals surface area contributed by atoms with Gasteiger partial charge in [0.2, 0.25) is 0 Å². The summed E-state index contributed by atoms with van der Waals surface area (Å²) in [5.41, 5.74) is 0. The highest BCUT2D eigenvalue weighted by Gasteiger charge is 2.08. The van der Waals surface area contributed by atoms with Crippen molar-refractivity contribution in [3.63, 3.8) is 0 Å². The van der Waals surface area contributed by atoms with Crippen molar-refractivity contribution in [2.75, 3.05) is 0 Å². The summed E-state index contributed by atoms with van der Waals surface area (Å²) in [6, 6.07) is 2.34. The van der Waals surface area contributed by atoms with Crippen LogP contribution >= 0.6 is 0 Å². The Balaban J connectivity index is 2.24. The quantitative estimate of drug-likeness (QED) is 0.502. The molecule has 0 N–H and O–H groups in total. The Hall–Kier alpha value is -0.510. The highest BCUT2D eigenvalue weighted by molar-refractivity contribution is 4.87. The first-order valence-electron chi connectivity index (χ1n) is 4.15. The van der Waals surface area contributed by atoms with Gasteiger partial charge >= 0.3 is 0 Å². The molecule has 1 radical (unpaired) electrons. The molecule has 0 bridgehead atoms. The first kappa shape index (κ1) is 7.60. The molecule has 0 amide bonds. The monoisotopic (exact) mass is 136 g/mol. The Kier molecular flexibility index (Phi) is 3.29. The first-order valence-corrected chi connectivity index (χ1v) is 4.15. The Labute approximate surface area is 63.0 Å². The molecule has 0 heterocycles. The zero-order valence-electron chi connectivity index (χ0n) is 6.34. The minimum absolute atomic E-state index is 0.320. The molecule has 0 aromatic carbocycles. The zero-order valence-corrected chi connectivity index (χ0v) is 6.34. The molecule has 1 nitrogen and oxygen atoms in total. The number of rotatable bonds is 0. The minimum atomic E-state index is 0.320. The second kappa shape index (κ2) is 4.33. The minimum Gasteiger partial charge on any atom is -0.198 e. The van der Waals surface area contributed by atoms with Crippen molar-refractivity contribution in [1.82, 2.24) is 0 Å². The maximum Gasteiger partial charge on any atom is 0.0655 e. The zero-order chi connectivity index (χ0) is 7.23.